The zero-order valence-electron chi connectivity index (χ0n) is 46.0. The second kappa shape index (κ2) is 23.1. The van der Waals surface area contributed by atoms with Gasteiger partial charge in [-0.05, 0) is 99.5 Å². The first-order valence-corrected chi connectivity index (χ1v) is 29.0. The summed E-state index contributed by atoms with van der Waals surface area (Å²) in [4.78, 5) is 82.9. The Morgan fingerprint density at radius 3 is 2.27 bits per heavy atom. The lowest BCUT2D eigenvalue weighted by Gasteiger charge is -2.36. The lowest BCUT2D eigenvalue weighted by Crippen LogP contribution is -2.55. The first-order valence-electron chi connectivity index (χ1n) is 26.9. The molecule has 4 amide bonds. The summed E-state index contributed by atoms with van der Waals surface area (Å²) in [6, 6.07) is 18.2. The van der Waals surface area contributed by atoms with Crippen molar-refractivity contribution in [1.82, 2.24) is 40.6 Å². The molecule has 3 aliphatic rings. The number of thiazole rings is 1. The number of carbonyl (C=O) groups is 5. The standard InChI is InChI=1S/C59H65ClN10O8S2/c1-28(2)50(61)59(75)77-43-24-45(55(72)63-31(6)35-10-12-37(13-11-35)53-32(7)62-27-79-53)69(26-43)57(74)51(29(3)4)66-56(73)47-21-38-20-41(18-19-46(38)78-47)76-42-22-40(23-42)64-48(71)25-44-54-68-67-34(9)70(54)58-49(30(5)33(8)80-58)52(65-44)36-14-16-39(60)17-15-36/h10-21,27-29,31,40,42-45,50-51H,22-26,61H2,1-9H3,(H,63,72)(H,64,71)(H,66,73)/t31-,40?,42?,43+,44-,45-,50-,51-/m0/s1. The van der Waals surface area contributed by atoms with Crippen LogP contribution in [0.2, 0.25) is 5.02 Å². The monoisotopic (exact) mass is 1140 g/mol. The van der Waals surface area contributed by atoms with Crippen LogP contribution in [-0.4, -0.2) is 103 Å². The van der Waals surface area contributed by atoms with Crippen LogP contribution in [0.5, 0.6) is 5.75 Å². The molecule has 18 nitrogen and oxygen atoms in total. The second-order valence-electron chi connectivity index (χ2n) is 21.8. The van der Waals surface area contributed by atoms with Gasteiger partial charge in [0.1, 0.15) is 58.5 Å². The molecule has 0 radical (unpaired) electrons. The number of furan rings is 1. The van der Waals surface area contributed by atoms with Gasteiger partial charge in [-0.3, -0.25) is 33.5 Å². The van der Waals surface area contributed by atoms with Crippen LogP contribution >= 0.6 is 34.3 Å². The fourth-order valence-corrected chi connectivity index (χ4v) is 12.6. The van der Waals surface area contributed by atoms with Gasteiger partial charge in [0.15, 0.2) is 11.6 Å². The summed E-state index contributed by atoms with van der Waals surface area (Å²) in [7, 11) is 0. The molecule has 2 fully saturated rings. The lowest BCUT2D eigenvalue weighted by atomic mass is 9.89. The molecule has 7 aromatic rings. The number of hydrogen-bond acceptors (Lipinski definition) is 15. The number of aliphatic imine (C=N–C) groups is 1. The molecule has 10 rings (SSSR count). The van der Waals surface area contributed by atoms with Crippen LogP contribution in [0.1, 0.15) is 127 Å². The van der Waals surface area contributed by atoms with Gasteiger partial charge in [0.25, 0.3) is 5.91 Å². The predicted molar refractivity (Wildman–Crippen MR) is 307 cm³/mol. The number of hydrogen-bond donors (Lipinski definition) is 4. The minimum Gasteiger partial charge on any atom is -0.490 e. The van der Waals surface area contributed by atoms with Gasteiger partial charge >= 0.3 is 5.97 Å². The van der Waals surface area contributed by atoms with Crippen molar-refractivity contribution in [2.24, 2.45) is 22.6 Å². The van der Waals surface area contributed by atoms with E-state index in [0.29, 0.717) is 46.2 Å². The van der Waals surface area contributed by atoms with Gasteiger partial charge in [0.05, 0.1) is 40.8 Å². The van der Waals surface area contributed by atoms with E-state index in [0.717, 1.165) is 54.0 Å². The zero-order chi connectivity index (χ0) is 56.8. The number of ether oxygens (including phenoxy) is 2. The Labute approximate surface area is 476 Å². The highest BCUT2D eigenvalue weighted by Gasteiger charge is 2.45. The maximum absolute atomic E-state index is 14.7. The fraction of sp³-hybridized carbons (Fsp3) is 0.407. The van der Waals surface area contributed by atoms with E-state index in [4.69, 9.17) is 36.2 Å². The molecular weight excluding hydrogens is 1080 g/mol. The number of halogens is 1. The number of benzene rings is 3. The van der Waals surface area contributed by atoms with Gasteiger partial charge in [-0.1, -0.05) is 75.7 Å². The maximum Gasteiger partial charge on any atom is 0.323 e. The van der Waals surface area contributed by atoms with Crippen molar-refractivity contribution in [3.63, 3.8) is 0 Å². The Morgan fingerprint density at radius 2 is 1.59 bits per heavy atom. The number of rotatable bonds is 17. The number of nitrogens with zero attached hydrogens (tertiary/aromatic N) is 6. The van der Waals surface area contributed by atoms with Crippen LogP contribution in [0.4, 0.5) is 0 Å². The molecule has 0 bridgehead atoms. The first-order chi connectivity index (χ1) is 38.2. The summed E-state index contributed by atoms with van der Waals surface area (Å²) < 4.78 is 20.2. The molecule has 80 heavy (non-hydrogen) atoms. The Balaban J connectivity index is 0.771. The Hall–Kier alpha value is -7.26. The molecule has 418 valence electrons. The minimum absolute atomic E-state index is 0.0230. The number of thiophene rings is 1. The molecule has 4 aromatic heterocycles. The first kappa shape index (κ1) is 56.0. The number of aryl methyl sites for hydroxylation is 3. The zero-order valence-corrected chi connectivity index (χ0v) is 48.4. The van der Waals surface area contributed by atoms with Crippen molar-refractivity contribution in [2.75, 3.05) is 6.54 Å². The summed E-state index contributed by atoms with van der Waals surface area (Å²) in [5, 5.41) is 20.3. The van der Waals surface area contributed by atoms with Crippen LogP contribution in [-0.2, 0) is 23.9 Å². The smallest absolute Gasteiger partial charge is 0.323 e. The highest BCUT2D eigenvalue weighted by Crippen LogP contribution is 2.40. The van der Waals surface area contributed by atoms with Crippen molar-refractivity contribution in [1.29, 1.82) is 0 Å². The molecule has 21 heteroatoms. The molecule has 5 N–H and O–H groups in total. The topological polar surface area (TPSA) is 238 Å². The minimum atomic E-state index is -1.08. The third-order valence-corrected chi connectivity index (χ3v) is 17.8. The van der Waals surface area contributed by atoms with Crippen molar-refractivity contribution < 1.29 is 37.9 Å². The van der Waals surface area contributed by atoms with E-state index in [1.54, 1.807) is 66.3 Å². The molecule has 0 unspecified atom stereocenters. The number of carbonyl (C=O) groups excluding carboxylic acids is 5. The van der Waals surface area contributed by atoms with E-state index in [1.807, 2.05) is 87.7 Å². The largest absolute Gasteiger partial charge is 0.490 e. The van der Waals surface area contributed by atoms with Crippen molar-refractivity contribution >= 4 is 80.6 Å². The van der Waals surface area contributed by atoms with Crippen LogP contribution in [0.3, 0.4) is 0 Å². The summed E-state index contributed by atoms with van der Waals surface area (Å²) in [5.74, 6) is -1.11. The van der Waals surface area contributed by atoms with Gasteiger partial charge in [-0.25, -0.2) is 4.98 Å². The Bertz CT molecular complexity index is 3520. The van der Waals surface area contributed by atoms with Crippen LogP contribution < -0.4 is 26.4 Å². The van der Waals surface area contributed by atoms with Crippen LogP contribution in [0.25, 0.3) is 26.4 Å². The highest BCUT2D eigenvalue weighted by molar-refractivity contribution is 7.15. The molecule has 6 atom stereocenters. The third kappa shape index (κ3) is 11.5. The number of likely N-dealkylation sites (tertiary alicyclic amines) is 1. The van der Waals surface area contributed by atoms with E-state index >= 15 is 0 Å². The summed E-state index contributed by atoms with van der Waals surface area (Å²) in [6.45, 7) is 17.0. The maximum atomic E-state index is 14.7. The third-order valence-electron chi connectivity index (χ3n) is 15.3. The summed E-state index contributed by atoms with van der Waals surface area (Å²) in [6.07, 6.45) is 0.278. The average Bonchev–Trinajstić information content (AvgIpc) is 4.43. The number of fused-ring (bicyclic) bond motifs is 4. The van der Waals surface area contributed by atoms with E-state index in [2.05, 4.69) is 45.0 Å². The van der Waals surface area contributed by atoms with E-state index < -0.39 is 65.9 Å². The van der Waals surface area contributed by atoms with Gasteiger partial charge in [0, 0.05) is 51.7 Å². The Morgan fingerprint density at radius 1 is 0.863 bits per heavy atom. The van der Waals surface area contributed by atoms with Gasteiger partial charge < -0.3 is 40.5 Å². The van der Waals surface area contributed by atoms with Gasteiger partial charge in [-0.15, -0.1) is 32.9 Å². The number of esters is 1. The quantitative estimate of drug-likeness (QED) is 0.0625. The van der Waals surface area contributed by atoms with Gasteiger partial charge in [0.2, 0.25) is 17.7 Å². The molecule has 3 aromatic carbocycles. The van der Waals surface area contributed by atoms with Crippen LogP contribution in [0, 0.1) is 39.5 Å². The van der Waals surface area contributed by atoms with Gasteiger partial charge in [-0.2, -0.15) is 0 Å². The fourth-order valence-electron chi connectivity index (χ4n) is 10.5. The summed E-state index contributed by atoms with van der Waals surface area (Å²) in [5.41, 5.74) is 15.0. The number of nitrogens with one attached hydrogen (secondary N) is 3. The number of nitrogens with two attached hydrogens (primary N) is 1. The average molecular weight is 1140 g/mol. The molecular formula is C59H65ClN10O8S2. The number of amides is 4. The molecule has 1 aliphatic carbocycles. The molecule has 1 saturated heterocycles. The molecule has 2 aliphatic heterocycles. The Kier molecular flexibility index (Phi) is 16.2. The normalized spacial score (nSPS) is 19.8. The van der Waals surface area contributed by atoms with Crippen molar-refractivity contribution in [2.45, 2.75) is 136 Å². The highest BCUT2D eigenvalue weighted by atomic mass is 35.5. The summed E-state index contributed by atoms with van der Waals surface area (Å²) >= 11 is 9.50. The van der Waals surface area contributed by atoms with Crippen LogP contribution in [0.15, 0.2) is 87.7 Å². The van der Waals surface area contributed by atoms with E-state index in [-0.39, 0.29) is 49.1 Å². The lowest BCUT2D eigenvalue weighted by molar-refractivity contribution is -0.152. The molecule has 6 heterocycles. The SMILES string of the molecule is Cc1ncsc1-c1ccc([C@H](C)NC(=O)[C@@H]2C[C@@H](OC(=O)[C@@H](N)C(C)C)CN2C(=O)[C@@H](NC(=O)c2cc3cc(OC4CC(NC(=O)C[C@@H]5N=C(c6ccc(Cl)cc6)c6c(sc(C)c6C)-n6c(C)nnc65)C4)ccc3o2)C(C)C)cc1. The predicted octanol–water partition coefficient (Wildman–Crippen LogP) is 9.22. The number of aromatic nitrogens is 4. The van der Waals surface area contributed by atoms with E-state index in [1.165, 1.54) is 4.90 Å². The van der Waals surface area contributed by atoms with E-state index in [9.17, 15) is 24.0 Å². The molecule has 1 saturated carbocycles. The second-order valence-corrected chi connectivity index (χ2v) is 24.3. The molecule has 0 spiro atoms. The van der Waals surface area contributed by atoms with Crippen molar-refractivity contribution in [3.8, 4) is 21.2 Å². The van der Waals surface area contributed by atoms with Crippen molar-refractivity contribution in [3.05, 3.63) is 134 Å².